The number of hydrogen-bond donors (Lipinski definition) is 0. The summed E-state index contributed by atoms with van der Waals surface area (Å²) in [4.78, 5) is 15.6. The normalized spacial score (nSPS) is 18.7. The van der Waals surface area contributed by atoms with Gasteiger partial charge in [0.25, 0.3) is 0 Å². The first-order chi connectivity index (χ1) is 10.3. The van der Waals surface area contributed by atoms with Gasteiger partial charge in [-0.25, -0.2) is 0 Å². The second-order valence-electron chi connectivity index (χ2n) is 5.34. The Morgan fingerprint density at radius 1 is 1.32 bits per heavy atom. The van der Waals surface area contributed by atoms with Crippen LogP contribution in [0.2, 0.25) is 5.02 Å². The number of hydrogen-bond acceptors (Lipinski definition) is 2. The lowest BCUT2D eigenvalue weighted by Crippen LogP contribution is -2.19. The number of allylic oxidation sites excluding steroid dienone is 2. The van der Waals surface area contributed by atoms with E-state index in [0.717, 1.165) is 0 Å². The van der Waals surface area contributed by atoms with E-state index in [-0.39, 0.29) is 30.1 Å². The number of aliphatic imine (C=N–C) groups is 1. The highest BCUT2D eigenvalue weighted by Gasteiger charge is 2.37. The average Bonchev–Trinajstić information content (AvgIpc) is 2.44. The van der Waals surface area contributed by atoms with Gasteiger partial charge in [-0.05, 0) is 55.5 Å². The molecule has 1 atom stereocenters. The van der Waals surface area contributed by atoms with Crippen LogP contribution in [0.15, 0.2) is 40.5 Å². The molecule has 0 aliphatic carbocycles. The van der Waals surface area contributed by atoms with Gasteiger partial charge in [0.05, 0.1) is 0 Å². The van der Waals surface area contributed by atoms with E-state index < -0.39 is 11.9 Å². The molecule has 1 unspecified atom stereocenters. The third-order valence-corrected chi connectivity index (χ3v) is 3.82. The van der Waals surface area contributed by atoms with Crippen LogP contribution in [0.1, 0.15) is 36.5 Å². The fourth-order valence-electron chi connectivity index (χ4n) is 2.42. The van der Waals surface area contributed by atoms with E-state index in [1.165, 1.54) is 13.1 Å². The van der Waals surface area contributed by atoms with Crippen LogP contribution in [0.3, 0.4) is 0 Å². The molecule has 0 radical (unpaired) electrons. The van der Waals surface area contributed by atoms with Crippen LogP contribution in [-0.2, 0) is 0 Å². The molecule has 1 aromatic rings. The Labute approximate surface area is 131 Å². The summed E-state index contributed by atoms with van der Waals surface area (Å²) in [5, 5.41) is 0.552. The van der Waals surface area contributed by atoms with Crippen LogP contribution >= 0.6 is 11.6 Å². The summed E-state index contributed by atoms with van der Waals surface area (Å²) >= 11 is 5.76. The van der Waals surface area contributed by atoms with Crippen molar-refractivity contribution in [3.05, 3.63) is 46.1 Å². The van der Waals surface area contributed by atoms with Crippen LogP contribution in [-0.4, -0.2) is 18.2 Å². The monoisotopic (exact) mass is 329 g/mol. The topological polar surface area (TPSA) is 29.4 Å². The predicted octanol–water partition coefficient (Wildman–Crippen LogP) is 5.23. The Morgan fingerprint density at radius 3 is 2.50 bits per heavy atom. The Balaban J connectivity index is 1.92. The Bertz CT molecular complexity index is 617. The summed E-state index contributed by atoms with van der Waals surface area (Å²) in [6.07, 6.45) is -2.07. The summed E-state index contributed by atoms with van der Waals surface area (Å²) in [6, 6.07) is 6.57. The highest BCUT2D eigenvalue weighted by Crippen LogP contribution is 2.34. The lowest BCUT2D eigenvalue weighted by molar-refractivity contribution is -0.0936. The SMILES string of the molecule is CC1=C(C(F)(F)F)N=CC(CCC(=O)c2ccc(Cl)cc2)C1. The molecular formula is C16H15ClF3NO. The van der Waals surface area contributed by atoms with E-state index >= 15 is 0 Å². The Hall–Kier alpha value is -1.62. The van der Waals surface area contributed by atoms with Gasteiger partial charge in [0, 0.05) is 23.2 Å². The molecular weight excluding hydrogens is 315 g/mol. The fraction of sp³-hybridized carbons (Fsp3) is 0.375. The molecule has 2 rings (SSSR count). The molecule has 118 valence electrons. The molecule has 2 nitrogen and oxygen atoms in total. The van der Waals surface area contributed by atoms with Crippen molar-refractivity contribution in [3.63, 3.8) is 0 Å². The smallest absolute Gasteiger partial charge is 0.294 e. The standard InChI is InChI=1S/C16H15ClF3NO/c1-10-8-11(9-21-15(10)16(18,19)20)2-7-14(22)12-3-5-13(17)6-4-12/h3-6,9,11H,2,7-8H2,1H3. The quantitative estimate of drug-likeness (QED) is 0.695. The number of carbonyl (C=O) groups is 1. The van der Waals surface area contributed by atoms with E-state index in [0.29, 0.717) is 17.0 Å². The van der Waals surface area contributed by atoms with Crippen molar-refractivity contribution >= 4 is 23.6 Å². The lowest BCUT2D eigenvalue weighted by Gasteiger charge is -2.20. The van der Waals surface area contributed by atoms with E-state index in [2.05, 4.69) is 4.99 Å². The molecule has 1 heterocycles. The summed E-state index contributed by atoms with van der Waals surface area (Å²) in [7, 11) is 0. The molecule has 1 aliphatic rings. The lowest BCUT2D eigenvalue weighted by atomic mass is 9.91. The van der Waals surface area contributed by atoms with Crippen molar-refractivity contribution in [3.8, 4) is 0 Å². The Kier molecular flexibility index (Phi) is 5.06. The molecule has 0 saturated heterocycles. The number of halogens is 4. The average molecular weight is 330 g/mol. The predicted molar refractivity (Wildman–Crippen MR) is 80.4 cm³/mol. The van der Waals surface area contributed by atoms with Crippen molar-refractivity contribution in [2.24, 2.45) is 10.9 Å². The Morgan fingerprint density at radius 2 is 1.95 bits per heavy atom. The van der Waals surface area contributed by atoms with E-state index in [4.69, 9.17) is 11.6 Å². The van der Waals surface area contributed by atoms with Gasteiger partial charge in [-0.3, -0.25) is 9.79 Å². The number of alkyl halides is 3. The molecule has 1 aromatic carbocycles. The van der Waals surface area contributed by atoms with Crippen LogP contribution in [0.25, 0.3) is 0 Å². The number of Topliss-reactive ketones (excluding diaryl/α,β-unsaturated/α-hetero) is 1. The zero-order valence-electron chi connectivity index (χ0n) is 12.0. The number of rotatable bonds is 4. The molecule has 0 saturated carbocycles. The van der Waals surface area contributed by atoms with Crippen molar-refractivity contribution in [1.82, 2.24) is 0 Å². The largest absolute Gasteiger partial charge is 0.433 e. The van der Waals surface area contributed by atoms with Crippen LogP contribution in [0.4, 0.5) is 13.2 Å². The molecule has 0 bridgehead atoms. The van der Waals surface area contributed by atoms with E-state index in [9.17, 15) is 18.0 Å². The highest BCUT2D eigenvalue weighted by atomic mass is 35.5. The van der Waals surface area contributed by atoms with Crippen LogP contribution in [0.5, 0.6) is 0 Å². The molecule has 0 N–H and O–H groups in total. The minimum absolute atomic E-state index is 0.0479. The molecule has 1 aliphatic heterocycles. The highest BCUT2D eigenvalue weighted by molar-refractivity contribution is 6.30. The van der Waals surface area contributed by atoms with Gasteiger partial charge in [-0.1, -0.05) is 11.6 Å². The van der Waals surface area contributed by atoms with Gasteiger partial charge in [0.15, 0.2) is 5.78 Å². The molecule has 0 spiro atoms. The first-order valence-electron chi connectivity index (χ1n) is 6.87. The zero-order valence-corrected chi connectivity index (χ0v) is 12.7. The number of ketones is 1. The van der Waals surface area contributed by atoms with Crippen molar-refractivity contribution in [1.29, 1.82) is 0 Å². The van der Waals surface area contributed by atoms with Gasteiger partial charge in [-0.2, -0.15) is 13.2 Å². The molecule has 0 amide bonds. The third-order valence-electron chi connectivity index (χ3n) is 3.56. The van der Waals surface area contributed by atoms with Gasteiger partial charge in [-0.15, -0.1) is 0 Å². The number of benzene rings is 1. The molecule has 0 fully saturated rings. The third kappa shape index (κ3) is 4.19. The first kappa shape index (κ1) is 16.7. The van der Waals surface area contributed by atoms with E-state index in [1.54, 1.807) is 24.3 Å². The van der Waals surface area contributed by atoms with Gasteiger partial charge in [0.1, 0.15) is 5.70 Å². The van der Waals surface area contributed by atoms with Gasteiger partial charge >= 0.3 is 6.18 Å². The van der Waals surface area contributed by atoms with Gasteiger partial charge in [0.2, 0.25) is 0 Å². The second-order valence-corrected chi connectivity index (χ2v) is 5.77. The summed E-state index contributed by atoms with van der Waals surface area (Å²) in [5.41, 5.74) is -0.0351. The molecule has 6 heteroatoms. The summed E-state index contributed by atoms with van der Waals surface area (Å²) in [6.45, 7) is 1.44. The fourth-order valence-corrected chi connectivity index (χ4v) is 2.55. The zero-order chi connectivity index (χ0) is 16.3. The van der Waals surface area contributed by atoms with Crippen molar-refractivity contribution in [2.45, 2.75) is 32.4 Å². The molecule has 22 heavy (non-hydrogen) atoms. The number of nitrogens with zero attached hydrogens (tertiary/aromatic N) is 1. The maximum atomic E-state index is 12.7. The van der Waals surface area contributed by atoms with Crippen LogP contribution < -0.4 is 0 Å². The van der Waals surface area contributed by atoms with Crippen LogP contribution in [0, 0.1) is 5.92 Å². The number of carbonyl (C=O) groups excluding carboxylic acids is 1. The van der Waals surface area contributed by atoms with Crippen molar-refractivity contribution in [2.75, 3.05) is 0 Å². The van der Waals surface area contributed by atoms with E-state index in [1.807, 2.05) is 0 Å². The summed E-state index contributed by atoms with van der Waals surface area (Å²) in [5.74, 6) is -0.185. The summed E-state index contributed by atoms with van der Waals surface area (Å²) < 4.78 is 38.0. The maximum Gasteiger partial charge on any atom is 0.433 e. The first-order valence-corrected chi connectivity index (χ1v) is 7.25. The second kappa shape index (κ2) is 6.65. The minimum Gasteiger partial charge on any atom is -0.294 e. The van der Waals surface area contributed by atoms with Gasteiger partial charge < -0.3 is 0 Å². The molecule has 0 aromatic heterocycles. The van der Waals surface area contributed by atoms with Crippen molar-refractivity contribution < 1.29 is 18.0 Å². The maximum absolute atomic E-state index is 12.7. The minimum atomic E-state index is -4.41.